The van der Waals surface area contributed by atoms with E-state index < -0.39 is 0 Å². The molecule has 3 atom stereocenters. The maximum atomic E-state index is 5.89. The van der Waals surface area contributed by atoms with Gasteiger partial charge in [0, 0.05) is 11.6 Å². The van der Waals surface area contributed by atoms with Crippen LogP contribution in [0.3, 0.4) is 0 Å². The summed E-state index contributed by atoms with van der Waals surface area (Å²) in [7, 11) is 0. The van der Waals surface area contributed by atoms with Crippen LogP contribution in [0.2, 0.25) is 0 Å². The highest BCUT2D eigenvalue weighted by Gasteiger charge is 2.38. The van der Waals surface area contributed by atoms with Gasteiger partial charge in [0.2, 0.25) is 5.95 Å². The number of rotatable bonds is 3. The summed E-state index contributed by atoms with van der Waals surface area (Å²) < 4.78 is 0. The number of unbranched alkanes of at least 4 members (excludes halogenated alkanes) is 1. The Morgan fingerprint density at radius 3 is 2.94 bits per heavy atom. The molecule has 0 radical (unpaired) electrons. The van der Waals surface area contributed by atoms with Gasteiger partial charge in [-0.05, 0) is 43.1 Å². The Bertz CT molecular complexity index is 455. The summed E-state index contributed by atoms with van der Waals surface area (Å²) in [5.74, 6) is 2.55. The molecule has 0 saturated carbocycles. The van der Waals surface area contributed by atoms with Crippen LogP contribution >= 0.6 is 0 Å². The molecule has 1 aromatic heterocycles. The molecule has 18 heavy (non-hydrogen) atoms. The summed E-state index contributed by atoms with van der Waals surface area (Å²) >= 11 is 0. The topological polar surface area (TPSA) is 51.8 Å². The fourth-order valence-electron chi connectivity index (χ4n) is 3.89. The monoisotopic (exact) mass is 245 g/mol. The molecule has 0 fully saturated rings. The van der Waals surface area contributed by atoms with Crippen molar-refractivity contribution in [3.05, 3.63) is 17.0 Å². The Morgan fingerprint density at radius 1 is 1.33 bits per heavy atom. The van der Waals surface area contributed by atoms with Crippen molar-refractivity contribution in [2.24, 2.45) is 5.92 Å². The Hall–Kier alpha value is -1.12. The van der Waals surface area contributed by atoms with Crippen molar-refractivity contribution in [2.45, 2.75) is 64.2 Å². The lowest BCUT2D eigenvalue weighted by atomic mass is 9.72. The van der Waals surface area contributed by atoms with E-state index in [0.29, 0.717) is 17.8 Å². The van der Waals surface area contributed by atoms with E-state index in [0.717, 1.165) is 12.3 Å². The predicted octanol–water partition coefficient (Wildman–Crippen LogP) is 3.40. The van der Waals surface area contributed by atoms with E-state index in [2.05, 4.69) is 23.8 Å². The zero-order valence-corrected chi connectivity index (χ0v) is 11.4. The number of nitrogens with zero attached hydrogens (tertiary/aromatic N) is 2. The molecule has 1 heterocycles. The molecule has 1 aromatic rings. The Kier molecular flexibility index (Phi) is 3.00. The molecule has 2 N–H and O–H groups in total. The number of nitrogen functional groups attached to an aromatic ring is 1. The van der Waals surface area contributed by atoms with Crippen LogP contribution in [0.25, 0.3) is 0 Å². The van der Waals surface area contributed by atoms with Gasteiger partial charge in [-0.3, -0.25) is 0 Å². The quantitative estimate of drug-likeness (QED) is 0.888. The van der Waals surface area contributed by atoms with Crippen LogP contribution in [0.1, 0.15) is 74.7 Å². The lowest BCUT2D eigenvalue weighted by Gasteiger charge is -2.33. The van der Waals surface area contributed by atoms with Gasteiger partial charge < -0.3 is 5.73 Å². The molecule has 0 amide bonds. The highest BCUT2D eigenvalue weighted by molar-refractivity contribution is 5.42. The highest BCUT2D eigenvalue weighted by atomic mass is 15.0. The second kappa shape index (κ2) is 4.52. The van der Waals surface area contributed by atoms with Crippen molar-refractivity contribution in [1.29, 1.82) is 0 Å². The van der Waals surface area contributed by atoms with E-state index in [9.17, 15) is 0 Å². The third-order valence-electron chi connectivity index (χ3n) is 4.77. The van der Waals surface area contributed by atoms with E-state index in [-0.39, 0.29) is 0 Å². The lowest BCUT2D eigenvalue weighted by Crippen LogP contribution is -2.23. The fourth-order valence-corrected chi connectivity index (χ4v) is 3.89. The molecule has 2 aliphatic rings. The lowest BCUT2D eigenvalue weighted by molar-refractivity contribution is 0.334. The fraction of sp³-hybridized carbons (Fsp3) is 0.733. The van der Waals surface area contributed by atoms with E-state index in [4.69, 9.17) is 5.73 Å². The average molecular weight is 245 g/mol. The van der Waals surface area contributed by atoms with Crippen LogP contribution in [0.4, 0.5) is 5.95 Å². The van der Waals surface area contributed by atoms with Gasteiger partial charge >= 0.3 is 0 Å². The number of aryl methyl sites for hydroxylation is 1. The number of hydrogen-bond donors (Lipinski definition) is 1. The molecule has 2 aliphatic carbocycles. The van der Waals surface area contributed by atoms with Gasteiger partial charge in [0.05, 0.1) is 5.69 Å². The normalized spacial score (nSPS) is 29.3. The molecule has 0 aromatic carbocycles. The summed E-state index contributed by atoms with van der Waals surface area (Å²) in [6.07, 6.45) is 7.49. The molecule has 3 rings (SSSR count). The Morgan fingerprint density at radius 2 is 2.17 bits per heavy atom. The number of anilines is 1. The molecular weight excluding hydrogens is 222 g/mol. The SMILES string of the molecule is CCCC[C@H]1c2nc(N)nc3c2[C@@H](CC3)C[C@H]1C. The van der Waals surface area contributed by atoms with Crippen LogP contribution in [-0.4, -0.2) is 9.97 Å². The first-order chi connectivity index (χ1) is 8.70. The number of aromatic nitrogens is 2. The summed E-state index contributed by atoms with van der Waals surface area (Å²) in [5, 5.41) is 0. The average Bonchev–Trinajstić information content (AvgIpc) is 2.72. The summed E-state index contributed by atoms with van der Waals surface area (Å²) in [6.45, 7) is 4.65. The summed E-state index contributed by atoms with van der Waals surface area (Å²) in [4.78, 5) is 9.07. The van der Waals surface area contributed by atoms with Gasteiger partial charge in [0.25, 0.3) is 0 Å². The molecule has 3 heteroatoms. The van der Waals surface area contributed by atoms with Gasteiger partial charge in [0.1, 0.15) is 0 Å². The largest absolute Gasteiger partial charge is 0.368 e. The highest BCUT2D eigenvalue weighted by Crippen LogP contribution is 2.49. The smallest absolute Gasteiger partial charge is 0.220 e. The van der Waals surface area contributed by atoms with Crippen molar-refractivity contribution in [3.8, 4) is 0 Å². The molecule has 98 valence electrons. The minimum absolute atomic E-state index is 0.486. The van der Waals surface area contributed by atoms with Crippen molar-refractivity contribution in [3.63, 3.8) is 0 Å². The van der Waals surface area contributed by atoms with Gasteiger partial charge in [-0.25, -0.2) is 9.97 Å². The zero-order chi connectivity index (χ0) is 12.7. The molecule has 0 saturated heterocycles. The van der Waals surface area contributed by atoms with Crippen LogP contribution < -0.4 is 5.73 Å². The van der Waals surface area contributed by atoms with Crippen molar-refractivity contribution >= 4 is 5.95 Å². The number of nitrogens with two attached hydrogens (primary N) is 1. The van der Waals surface area contributed by atoms with Gasteiger partial charge in [-0.1, -0.05) is 26.7 Å². The standard InChI is InChI=1S/C15H23N3/c1-3-4-5-11-9(2)8-10-6-7-12-13(10)14(11)18-15(16)17-12/h9-11H,3-8H2,1-2H3,(H2,16,17,18)/t9-,10+,11-/m1/s1. The van der Waals surface area contributed by atoms with Gasteiger partial charge in [0.15, 0.2) is 0 Å². The minimum atomic E-state index is 0.486. The van der Waals surface area contributed by atoms with Crippen LogP contribution in [0, 0.1) is 5.92 Å². The second-order valence-electron chi connectivity index (χ2n) is 6.02. The minimum Gasteiger partial charge on any atom is -0.368 e. The predicted molar refractivity (Wildman–Crippen MR) is 73.6 cm³/mol. The Labute approximate surface area is 109 Å². The second-order valence-corrected chi connectivity index (χ2v) is 6.02. The van der Waals surface area contributed by atoms with Crippen LogP contribution in [0.5, 0.6) is 0 Å². The molecule has 0 spiro atoms. The molecule has 0 bridgehead atoms. The van der Waals surface area contributed by atoms with E-state index >= 15 is 0 Å². The van der Waals surface area contributed by atoms with Crippen molar-refractivity contribution in [1.82, 2.24) is 9.97 Å². The molecule has 0 aliphatic heterocycles. The van der Waals surface area contributed by atoms with Crippen LogP contribution in [-0.2, 0) is 6.42 Å². The van der Waals surface area contributed by atoms with E-state index in [1.54, 1.807) is 0 Å². The maximum absolute atomic E-state index is 5.89. The van der Waals surface area contributed by atoms with E-state index in [1.807, 2.05) is 0 Å². The third-order valence-corrected chi connectivity index (χ3v) is 4.77. The molecule has 3 nitrogen and oxygen atoms in total. The van der Waals surface area contributed by atoms with Gasteiger partial charge in [-0.15, -0.1) is 0 Å². The maximum Gasteiger partial charge on any atom is 0.220 e. The Balaban J connectivity index is 2.02. The number of hydrogen-bond acceptors (Lipinski definition) is 3. The van der Waals surface area contributed by atoms with Gasteiger partial charge in [-0.2, -0.15) is 0 Å². The zero-order valence-electron chi connectivity index (χ0n) is 11.4. The van der Waals surface area contributed by atoms with E-state index in [1.165, 1.54) is 49.1 Å². The molecule has 0 unspecified atom stereocenters. The first-order valence-electron chi connectivity index (χ1n) is 7.36. The summed E-state index contributed by atoms with van der Waals surface area (Å²) in [6, 6.07) is 0. The third kappa shape index (κ3) is 1.80. The van der Waals surface area contributed by atoms with Crippen molar-refractivity contribution < 1.29 is 0 Å². The molecular formula is C15H23N3. The first-order valence-corrected chi connectivity index (χ1v) is 7.36. The van der Waals surface area contributed by atoms with Crippen LogP contribution in [0.15, 0.2) is 0 Å². The summed E-state index contributed by atoms with van der Waals surface area (Å²) in [5.41, 5.74) is 9.91. The first kappa shape index (κ1) is 11.9. The van der Waals surface area contributed by atoms with Crippen molar-refractivity contribution in [2.75, 3.05) is 5.73 Å².